The number of hydrogen-bond acceptors (Lipinski definition) is 4. The number of nitrogens with two attached hydrogens (primary N) is 1. The molecule has 0 saturated heterocycles. The highest BCUT2D eigenvalue weighted by Gasteiger charge is 2.19. The second-order valence-electron chi connectivity index (χ2n) is 3.89. The smallest absolute Gasteiger partial charge is 0.326 e. The summed E-state index contributed by atoms with van der Waals surface area (Å²) in [5, 5.41) is 19.9. The minimum Gasteiger partial charge on any atom is -0.480 e. The van der Waals surface area contributed by atoms with Crippen LogP contribution in [0.1, 0.15) is 12.0 Å². The van der Waals surface area contributed by atoms with Crippen LogP contribution < -0.4 is 11.1 Å². The SMILES string of the molecule is Nc1cccc(CC(=O)NC(CCO)C(=O)O)c1. The van der Waals surface area contributed by atoms with Crippen molar-refractivity contribution >= 4 is 17.6 Å². The lowest BCUT2D eigenvalue weighted by Crippen LogP contribution is -2.42. The van der Waals surface area contributed by atoms with Crippen molar-refractivity contribution in [3.05, 3.63) is 29.8 Å². The molecule has 0 bridgehead atoms. The Bertz CT molecular complexity index is 434. The van der Waals surface area contributed by atoms with Crippen LogP contribution in [-0.2, 0) is 16.0 Å². The molecule has 1 atom stereocenters. The Kier molecular flexibility index (Phi) is 5.13. The molecule has 0 radical (unpaired) electrons. The Balaban J connectivity index is 2.57. The van der Waals surface area contributed by atoms with Gasteiger partial charge in [0.2, 0.25) is 5.91 Å². The number of carboxylic acid groups (broad SMARTS) is 1. The third kappa shape index (κ3) is 4.42. The van der Waals surface area contributed by atoms with E-state index in [0.29, 0.717) is 11.3 Å². The Hall–Kier alpha value is -2.08. The number of carbonyl (C=O) groups excluding carboxylic acids is 1. The maximum Gasteiger partial charge on any atom is 0.326 e. The number of carbonyl (C=O) groups is 2. The normalized spacial score (nSPS) is 11.8. The monoisotopic (exact) mass is 252 g/mol. The molecular formula is C12H16N2O4. The molecule has 0 fully saturated rings. The number of nitrogens with one attached hydrogen (secondary N) is 1. The molecule has 0 aliphatic heterocycles. The highest BCUT2D eigenvalue weighted by atomic mass is 16.4. The number of hydrogen-bond donors (Lipinski definition) is 4. The predicted octanol–water partition coefficient (Wildman–Crippen LogP) is -0.237. The summed E-state index contributed by atoms with van der Waals surface area (Å²) in [6.07, 6.45) is 0.0399. The quantitative estimate of drug-likeness (QED) is 0.522. The second kappa shape index (κ2) is 6.61. The van der Waals surface area contributed by atoms with Crippen LogP contribution in [-0.4, -0.2) is 34.7 Å². The van der Waals surface area contributed by atoms with Crippen LogP contribution in [0.15, 0.2) is 24.3 Å². The van der Waals surface area contributed by atoms with Gasteiger partial charge >= 0.3 is 5.97 Å². The molecule has 5 N–H and O–H groups in total. The topological polar surface area (TPSA) is 113 Å². The fraction of sp³-hybridized carbons (Fsp3) is 0.333. The summed E-state index contributed by atoms with van der Waals surface area (Å²) in [6, 6.07) is 5.75. The van der Waals surface area contributed by atoms with Crippen LogP contribution in [0.5, 0.6) is 0 Å². The van der Waals surface area contributed by atoms with E-state index in [1.54, 1.807) is 24.3 Å². The van der Waals surface area contributed by atoms with E-state index in [-0.39, 0.29) is 19.4 Å². The van der Waals surface area contributed by atoms with Gasteiger partial charge in [-0.25, -0.2) is 4.79 Å². The van der Waals surface area contributed by atoms with Gasteiger partial charge in [0.1, 0.15) is 6.04 Å². The lowest BCUT2D eigenvalue weighted by Gasteiger charge is -2.13. The van der Waals surface area contributed by atoms with E-state index in [1.165, 1.54) is 0 Å². The van der Waals surface area contributed by atoms with Crippen LogP contribution >= 0.6 is 0 Å². The molecule has 0 saturated carbocycles. The number of nitrogen functional groups attached to an aromatic ring is 1. The lowest BCUT2D eigenvalue weighted by molar-refractivity contribution is -0.142. The van der Waals surface area contributed by atoms with E-state index in [2.05, 4.69) is 5.32 Å². The molecule has 0 aliphatic carbocycles. The van der Waals surface area contributed by atoms with Crippen molar-refractivity contribution in [1.29, 1.82) is 0 Å². The minimum absolute atomic E-state index is 0.0159. The molecule has 1 unspecified atom stereocenters. The van der Waals surface area contributed by atoms with Gasteiger partial charge in [0.05, 0.1) is 6.42 Å². The zero-order valence-electron chi connectivity index (χ0n) is 9.80. The number of carboxylic acids is 1. The van der Waals surface area contributed by atoms with Crippen molar-refractivity contribution in [2.75, 3.05) is 12.3 Å². The Morgan fingerprint density at radius 1 is 1.39 bits per heavy atom. The molecule has 0 heterocycles. The van der Waals surface area contributed by atoms with Crippen LogP contribution in [0.4, 0.5) is 5.69 Å². The van der Waals surface area contributed by atoms with Gasteiger partial charge in [0.15, 0.2) is 0 Å². The summed E-state index contributed by atoms with van der Waals surface area (Å²) in [5.41, 5.74) is 6.83. The average Bonchev–Trinajstić information content (AvgIpc) is 2.28. The van der Waals surface area contributed by atoms with Gasteiger partial charge in [-0.1, -0.05) is 12.1 Å². The van der Waals surface area contributed by atoms with Crippen molar-refractivity contribution in [1.82, 2.24) is 5.32 Å². The fourth-order valence-electron chi connectivity index (χ4n) is 1.52. The number of rotatable bonds is 6. The molecule has 0 aliphatic rings. The van der Waals surface area contributed by atoms with E-state index in [0.717, 1.165) is 0 Å². The third-order valence-corrected chi connectivity index (χ3v) is 2.37. The molecule has 98 valence electrons. The maximum atomic E-state index is 11.6. The summed E-state index contributed by atoms with van der Waals surface area (Å²) in [5.74, 6) is -1.58. The fourth-order valence-corrected chi connectivity index (χ4v) is 1.52. The van der Waals surface area contributed by atoms with Gasteiger partial charge in [-0.3, -0.25) is 4.79 Å². The summed E-state index contributed by atoms with van der Waals surface area (Å²) in [6.45, 7) is -0.296. The lowest BCUT2D eigenvalue weighted by atomic mass is 10.1. The number of aliphatic carboxylic acids is 1. The number of benzene rings is 1. The standard InChI is InChI=1S/C12H16N2O4/c13-9-3-1-2-8(6-9)7-11(16)14-10(4-5-15)12(17)18/h1-3,6,10,15H,4-5,7,13H2,(H,14,16)(H,17,18). The Morgan fingerprint density at radius 2 is 2.11 bits per heavy atom. The molecule has 1 rings (SSSR count). The number of amides is 1. The maximum absolute atomic E-state index is 11.6. The predicted molar refractivity (Wildman–Crippen MR) is 65.8 cm³/mol. The Morgan fingerprint density at radius 3 is 2.67 bits per heavy atom. The van der Waals surface area contributed by atoms with Crippen molar-refractivity contribution in [2.24, 2.45) is 0 Å². The molecule has 1 aromatic carbocycles. The molecule has 18 heavy (non-hydrogen) atoms. The third-order valence-electron chi connectivity index (χ3n) is 2.37. The Labute approximate surface area is 104 Å². The van der Waals surface area contributed by atoms with Crippen LogP contribution in [0.25, 0.3) is 0 Å². The molecular weight excluding hydrogens is 236 g/mol. The van der Waals surface area contributed by atoms with Crippen LogP contribution in [0.3, 0.4) is 0 Å². The van der Waals surface area contributed by atoms with Crippen molar-refractivity contribution in [3.8, 4) is 0 Å². The van der Waals surface area contributed by atoms with Gasteiger partial charge in [-0.2, -0.15) is 0 Å². The number of aliphatic hydroxyl groups excluding tert-OH is 1. The van der Waals surface area contributed by atoms with Gasteiger partial charge in [-0.15, -0.1) is 0 Å². The summed E-state index contributed by atoms with van der Waals surface area (Å²) >= 11 is 0. The highest BCUT2D eigenvalue weighted by Crippen LogP contribution is 2.07. The van der Waals surface area contributed by atoms with Gasteiger partial charge in [0.25, 0.3) is 0 Å². The van der Waals surface area contributed by atoms with E-state index in [9.17, 15) is 9.59 Å². The van der Waals surface area contributed by atoms with E-state index >= 15 is 0 Å². The summed E-state index contributed by atoms with van der Waals surface area (Å²) < 4.78 is 0. The number of anilines is 1. The van der Waals surface area contributed by atoms with Crippen LogP contribution in [0.2, 0.25) is 0 Å². The molecule has 1 amide bonds. The molecule has 1 aromatic rings. The summed E-state index contributed by atoms with van der Waals surface area (Å²) in [4.78, 5) is 22.4. The first-order valence-corrected chi connectivity index (χ1v) is 5.50. The minimum atomic E-state index is -1.16. The molecule has 0 aromatic heterocycles. The first-order chi connectivity index (χ1) is 8.52. The largest absolute Gasteiger partial charge is 0.480 e. The van der Waals surface area contributed by atoms with Gasteiger partial charge < -0.3 is 21.3 Å². The first kappa shape index (κ1) is 14.0. The average molecular weight is 252 g/mol. The highest BCUT2D eigenvalue weighted by molar-refractivity contribution is 5.84. The van der Waals surface area contributed by atoms with Crippen molar-refractivity contribution in [2.45, 2.75) is 18.9 Å². The summed E-state index contributed by atoms with van der Waals surface area (Å²) in [7, 11) is 0. The zero-order chi connectivity index (χ0) is 13.5. The zero-order valence-corrected chi connectivity index (χ0v) is 9.80. The van der Waals surface area contributed by atoms with Crippen molar-refractivity contribution in [3.63, 3.8) is 0 Å². The van der Waals surface area contributed by atoms with E-state index < -0.39 is 17.9 Å². The van der Waals surface area contributed by atoms with E-state index in [4.69, 9.17) is 15.9 Å². The first-order valence-electron chi connectivity index (χ1n) is 5.50. The van der Waals surface area contributed by atoms with E-state index in [1.807, 2.05) is 0 Å². The molecule has 6 nitrogen and oxygen atoms in total. The second-order valence-corrected chi connectivity index (χ2v) is 3.89. The number of aliphatic hydroxyl groups is 1. The van der Waals surface area contributed by atoms with Crippen molar-refractivity contribution < 1.29 is 19.8 Å². The molecule has 0 spiro atoms. The molecule has 6 heteroatoms. The van der Waals surface area contributed by atoms with Gasteiger partial charge in [-0.05, 0) is 17.7 Å². The van der Waals surface area contributed by atoms with Gasteiger partial charge in [0, 0.05) is 18.7 Å². The van der Waals surface area contributed by atoms with Crippen LogP contribution in [0, 0.1) is 0 Å².